The number of phenolic OH excluding ortho intramolecular Hbond substituents is 1. The zero-order valence-corrected chi connectivity index (χ0v) is 10.4. The first-order chi connectivity index (χ1) is 9.74. The molecule has 2 aromatic carbocycles. The minimum absolute atomic E-state index is 0.0461. The number of rotatable bonds is 0. The SMILES string of the molecule is O=C1Cc2ccccc2Oc2c3c(cc(O)c21)OCO3. The number of fused-ring (bicyclic) bond motifs is 4. The molecule has 2 aromatic rings. The summed E-state index contributed by atoms with van der Waals surface area (Å²) < 4.78 is 16.4. The Hall–Kier alpha value is -2.69. The van der Waals surface area contributed by atoms with E-state index >= 15 is 0 Å². The molecule has 0 aromatic heterocycles. The number of benzene rings is 2. The van der Waals surface area contributed by atoms with Gasteiger partial charge in [-0.3, -0.25) is 4.79 Å². The minimum atomic E-state index is -0.208. The minimum Gasteiger partial charge on any atom is -0.507 e. The third-order valence-corrected chi connectivity index (χ3v) is 3.41. The molecular weight excluding hydrogens is 260 g/mol. The number of hydrogen-bond donors (Lipinski definition) is 1. The van der Waals surface area contributed by atoms with Crippen LogP contribution < -0.4 is 14.2 Å². The zero-order chi connectivity index (χ0) is 13.7. The Labute approximate surface area is 114 Å². The Morgan fingerprint density at radius 1 is 1.05 bits per heavy atom. The van der Waals surface area contributed by atoms with E-state index < -0.39 is 0 Å². The van der Waals surface area contributed by atoms with Gasteiger partial charge in [-0.2, -0.15) is 0 Å². The van der Waals surface area contributed by atoms with Crippen molar-refractivity contribution in [2.45, 2.75) is 6.42 Å². The second-order valence-corrected chi connectivity index (χ2v) is 4.64. The molecule has 2 heterocycles. The fraction of sp³-hybridized carbons (Fsp3) is 0.133. The van der Waals surface area contributed by atoms with Gasteiger partial charge in [-0.05, 0) is 6.07 Å². The van der Waals surface area contributed by atoms with Gasteiger partial charge >= 0.3 is 0 Å². The van der Waals surface area contributed by atoms with Crippen molar-refractivity contribution in [2.75, 3.05) is 6.79 Å². The van der Waals surface area contributed by atoms with Gasteiger partial charge in [0.1, 0.15) is 17.1 Å². The third kappa shape index (κ3) is 1.46. The Morgan fingerprint density at radius 2 is 1.90 bits per heavy atom. The van der Waals surface area contributed by atoms with E-state index in [9.17, 15) is 9.90 Å². The molecule has 0 bridgehead atoms. The number of aromatic hydroxyl groups is 1. The van der Waals surface area contributed by atoms with Crippen LogP contribution >= 0.6 is 0 Å². The van der Waals surface area contributed by atoms with Crippen molar-refractivity contribution in [1.29, 1.82) is 0 Å². The number of ketones is 1. The molecule has 5 heteroatoms. The van der Waals surface area contributed by atoms with Crippen LogP contribution in [0.15, 0.2) is 30.3 Å². The van der Waals surface area contributed by atoms with Gasteiger partial charge in [0, 0.05) is 18.1 Å². The highest BCUT2D eigenvalue weighted by molar-refractivity contribution is 6.04. The van der Waals surface area contributed by atoms with Gasteiger partial charge in [0.15, 0.2) is 17.3 Å². The molecule has 4 rings (SSSR count). The molecular formula is C15H10O5. The van der Waals surface area contributed by atoms with Crippen molar-refractivity contribution in [3.63, 3.8) is 0 Å². The van der Waals surface area contributed by atoms with Gasteiger partial charge in [0.05, 0.1) is 0 Å². The molecule has 0 atom stereocenters. The normalized spacial score (nSPS) is 15.1. The average Bonchev–Trinajstić information content (AvgIpc) is 2.82. The molecule has 0 saturated carbocycles. The van der Waals surface area contributed by atoms with Gasteiger partial charge < -0.3 is 19.3 Å². The lowest BCUT2D eigenvalue weighted by atomic mass is 10.0. The average molecular weight is 270 g/mol. The van der Waals surface area contributed by atoms with Crippen molar-refractivity contribution in [3.8, 4) is 28.7 Å². The maximum absolute atomic E-state index is 12.4. The Kier molecular flexibility index (Phi) is 2.18. The number of ether oxygens (including phenoxy) is 3. The Bertz CT molecular complexity index is 735. The maximum Gasteiger partial charge on any atom is 0.231 e. The lowest BCUT2D eigenvalue weighted by Crippen LogP contribution is -2.02. The highest BCUT2D eigenvalue weighted by atomic mass is 16.7. The zero-order valence-electron chi connectivity index (χ0n) is 10.4. The largest absolute Gasteiger partial charge is 0.507 e. The van der Waals surface area contributed by atoms with E-state index in [1.165, 1.54) is 6.07 Å². The van der Waals surface area contributed by atoms with E-state index in [0.717, 1.165) is 5.56 Å². The van der Waals surface area contributed by atoms with Crippen LogP contribution in [0.2, 0.25) is 0 Å². The lowest BCUT2D eigenvalue weighted by molar-refractivity contribution is 0.0990. The number of carbonyl (C=O) groups is 1. The number of phenols is 1. The van der Waals surface area contributed by atoms with Crippen LogP contribution in [0.1, 0.15) is 15.9 Å². The topological polar surface area (TPSA) is 65.0 Å². The molecule has 0 spiro atoms. The summed E-state index contributed by atoms with van der Waals surface area (Å²) in [6, 6.07) is 8.67. The summed E-state index contributed by atoms with van der Waals surface area (Å²) in [6.45, 7) is 0.0461. The summed E-state index contributed by atoms with van der Waals surface area (Å²) in [4.78, 5) is 12.4. The Morgan fingerprint density at radius 3 is 2.80 bits per heavy atom. The van der Waals surface area contributed by atoms with E-state index in [4.69, 9.17) is 14.2 Å². The van der Waals surface area contributed by atoms with E-state index in [0.29, 0.717) is 17.2 Å². The van der Waals surface area contributed by atoms with E-state index in [2.05, 4.69) is 0 Å². The summed E-state index contributed by atoms with van der Waals surface area (Å²) in [5.74, 6) is 1.20. The summed E-state index contributed by atoms with van der Waals surface area (Å²) in [6.07, 6.45) is 0.177. The molecule has 0 amide bonds. The fourth-order valence-electron chi connectivity index (χ4n) is 2.49. The summed E-state index contributed by atoms with van der Waals surface area (Å²) in [5, 5.41) is 10.1. The molecule has 0 aliphatic carbocycles. The summed E-state index contributed by atoms with van der Waals surface area (Å²) in [7, 11) is 0. The highest BCUT2D eigenvalue weighted by Crippen LogP contribution is 2.50. The molecule has 2 aliphatic rings. The van der Waals surface area contributed by atoms with Gasteiger partial charge in [-0.1, -0.05) is 18.2 Å². The van der Waals surface area contributed by atoms with Crippen molar-refractivity contribution < 1.29 is 24.1 Å². The molecule has 0 unspecified atom stereocenters. The lowest BCUT2D eigenvalue weighted by Gasteiger charge is -2.11. The van der Waals surface area contributed by atoms with Crippen LogP contribution in [0.4, 0.5) is 0 Å². The molecule has 2 aliphatic heterocycles. The summed E-state index contributed by atoms with van der Waals surface area (Å²) >= 11 is 0. The number of para-hydroxylation sites is 1. The molecule has 0 radical (unpaired) electrons. The molecule has 0 saturated heterocycles. The van der Waals surface area contributed by atoms with Crippen LogP contribution in [-0.2, 0) is 6.42 Å². The van der Waals surface area contributed by atoms with Crippen molar-refractivity contribution in [1.82, 2.24) is 0 Å². The number of carbonyl (C=O) groups excluding carboxylic acids is 1. The molecule has 100 valence electrons. The quantitative estimate of drug-likeness (QED) is 0.797. The summed E-state index contributed by atoms with van der Waals surface area (Å²) in [5.41, 5.74) is 0.922. The van der Waals surface area contributed by atoms with Gasteiger partial charge in [-0.25, -0.2) is 0 Å². The molecule has 20 heavy (non-hydrogen) atoms. The van der Waals surface area contributed by atoms with Crippen LogP contribution in [-0.4, -0.2) is 17.7 Å². The standard InChI is InChI=1S/C15H10O5/c16-9-5-8-3-1-2-4-11(8)20-15-13(9)10(17)6-12-14(15)19-7-18-12/h1-4,6,17H,5,7H2. The van der Waals surface area contributed by atoms with Gasteiger partial charge in [0.2, 0.25) is 12.5 Å². The molecule has 1 N–H and O–H groups in total. The third-order valence-electron chi connectivity index (χ3n) is 3.41. The first-order valence-corrected chi connectivity index (χ1v) is 6.18. The van der Waals surface area contributed by atoms with Crippen LogP contribution in [0.3, 0.4) is 0 Å². The van der Waals surface area contributed by atoms with Gasteiger partial charge in [0.25, 0.3) is 0 Å². The van der Waals surface area contributed by atoms with E-state index in [1.54, 1.807) is 6.07 Å². The van der Waals surface area contributed by atoms with E-state index in [-0.39, 0.29) is 36.1 Å². The second kappa shape index (κ2) is 3.90. The first-order valence-electron chi connectivity index (χ1n) is 6.18. The fourth-order valence-corrected chi connectivity index (χ4v) is 2.49. The number of hydrogen-bond acceptors (Lipinski definition) is 5. The van der Waals surface area contributed by atoms with Crippen molar-refractivity contribution in [2.24, 2.45) is 0 Å². The number of Topliss-reactive ketones (excluding diaryl/α,β-unsaturated/α-hetero) is 1. The monoisotopic (exact) mass is 270 g/mol. The molecule has 5 nitrogen and oxygen atoms in total. The van der Waals surface area contributed by atoms with Crippen molar-refractivity contribution in [3.05, 3.63) is 41.5 Å². The predicted octanol–water partition coefficient (Wildman–Crippen LogP) is 2.65. The smallest absolute Gasteiger partial charge is 0.231 e. The first kappa shape index (κ1) is 11.2. The van der Waals surface area contributed by atoms with Crippen LogP contribution in [0, 0.1) is 0 Å². The van der Waals surface area contributed by atoms with Crippen LogP contribution in [0.5, 0.6) is 28.7 Å². The van der Waals surface area contributed by atoms with Crippen molar-refractivity contribution >= 4 is 5.78 Å². The molecule has 0 fully saturated rings. The highest BCUT2D eigenvalue weighted by Gasteiger charge is 2.32. The Balaban J connectivity index is 1.99. The second-order valence-electron chi connectivity index (χ2n) is 4.64. The van der Waals surface area contributed by atoms with Gasteiger partial charge in [-0.15, -0.1) is 0 Å². The predicted molar refractivity (Wildman–Crippen MR) is 68.8 cm³/mol. The van der Waals surface area contributed by atoms with E-state index in [1.807, 2.05) is 18.2 Å². The van der Waals surface area contributed by atoms with Crippen LogP contribution in [0.25, 0.3) is 0 Å². The maximum atomic E-state index is 12.4.